The van der Waals surface area contributed by atoms with Crippen LogP contribution in [-0.4, -0.2) is 26.0 Å². The predicted molar refractivity (Wildman–Crippen MR) is 140 cm³/mol. The topological polar surface area (TPSA) is 140 Å². The maximum atomic E-state index is 13.4. The minimum atomic E-state index is -4.69. The van der Waals surface area contributed by atoms with Gasteiger partial charge in [-0.15, -0.1) is 5.11 Å². The van der Waals surface area contributed by atoms with Crippen LogP contribution in [0.2, 0.25) is 10.0 Å². The molecule has 38 heavy (non-hydrogen) atoms. The molecule has 2 N–H and O–H groups in total. The van der Waals surface area contributed by atoms with Gasteiger partial charge in [0, 0.05) is 22.7 Å². The third-order valence-electron chi connectivity index (χ3n) is 5.43. The maximum Gasteiger partial charge on any atom is 1.00 e. The monoisotopic (exact) mass is 581 g/mol. The Hall–Kier alpha value is -2.70. The fourth-order valence-electron chi connectivity index (χ4n) is 3.56. The first kappa shape index (κ1) is 29.9. The van der Waals surface area contributed by atoms with Gasteiger partial charge >= 0.3 is 29.6 Å². The number of benzene rings is 4. The van der Waals surface area contributed by atoms with Crippen LogP contribution in [0.4, 0.5) is 17.1 Å². The molecule has 0 heterocycles. The van der Waals surface area contributed by atoms with E-state index in [2.05, 4.69) is 15.5 Å². The first-order valence-corrected chi connectivity index (χ1v) is 12.8. The van der Waals surface area contributed by atoms with E-state index < -0.39 is 26.7 Å². The zero-order chi connectivity index (χ0) is 26.9. The summed E-state index contributed by atoms with van der Waals surface area (Å²) in [6, 6.07) is 15.2. The molecule has 0 saturated heterocycles. The molecule has 0 saturated carbocycles. The molecule has 0 spiro atoms. The second kappa shape index (κ2) is 12.0. The van der Waals surface area contributed by atoms with Crippen molar-refractivity contribution < 1.29 is 57.2 Å². The van der Waals surface area contributed by atoms with Crippen molar-refractivity contribution in [1.82, 2.24) is 0 Å². The molecule has 0 radical (unpaired) electrons. The number of azo groups is 1. The fourth-order valence-corrected chi connectivity index (χ4v) is 4.64. The first-order chi connectivity index (χ1) is 17.5. The Bertz CT molecular complexity index is 1700. The summed E-state index contributed by atoms with van der Waals surface area (Å²) in [7, 11) is -3.27. The van der Waals surface area contributed by atoms with Crippen LogP contribution in [0, 0.1) is 6.92 Å². The van der Waals surface area contributed by atoms with Gasteiger partial charge in [-0.2, -0.15) is 13.5 Å². The fraction of sp³-hybridized carbons (Fsp3) is 0.0800. The summed E-state index contributed by atoms with van der Waals surface area (Å²) in [5, 5.41) is 25.1. The van der Waals surface area contributed by atoms with Gasteiger partial charge in [0.15, 0.2) is 0 Å². The van der Waals surface area contributed by atoms with Crippen molar-refractivity contribution in [3.05, 3.63) is 81.8 Å². The minimum absolute atomic E-state index is 0. The largest absolute Gasteiger partial charge is 1.00 e. The van der Waals surface area contributed by atoms with Crippen LogP contribution in [0.15, 0.2) is 75.8 Å². The molecule has 9 nitrogen and oxygen atoms in total. The second-order valence-corrected chi connectivity index (χ2v) is 10.0. The number of anilines is 1. The zero-order valence-electron chi connectivity index (χ0n) is 20.3. The number of methoxy groups -OCH3 is 1. The maximum absolute atomic E-state index is 13.4. The van der Waals surface area contributed by atoms with Gasteiger partial charge in [-0.05, 0) is 42.1 Å². The second-order valence-electron chi connectivity index (χ2n) is 7.84. The van der Waals surface area contributed by atoms with Crippen molar-refractivity contribution in [1.29, 1.82) is 0 Å². The third kappa shape index (κ3) is 6.13. The van der Waals surface area contributed by atoms with Crippen molar-refractivity contribution in [3.8, 4) is 11.5 Å². The van der Waals surface area contributed by atoms with Crippen LogP contribution < -0.4 is 44.7 Å². The summed E-state index contributed by atoms with van der Waals surface area (Å²) in [5.74, 6) is -1.14. The number of nitrogens with one attached hydrogen (secondary N) is 1. The van der Waals surface area contributed by atoms with Gasteiger partial charge in [0.05, 0.1) is 22.8 Å². The van der Waals surface area contributed by atoms with E-state index in [-0.39, 0.29) is 51.5 Å². The summed E-state index contributed by atoms with van der Waals surface area (Å²) < 4.78 is 38.5. The number of rotatable bonds is 6. The molecule has 4 rings (SSSR count). The summed E-state index contributed by atoms with van der Waals surface area (Å²) in [6.45, 7) is 1.61. The van der Waals surface area contributed by atoms with E-state index in [1.54, 1.807) is 37.3 Å². The van der Waals surface area contributed by atoms with E-state index in [1.807, 2.05) is 0 Å². The number of carbonyl (C=O) groups excluding carboxylic acids is 1. The van der Waals surface area contributed by atoms with E-state index in [4.69, 9.17) is 27.9 Å². The van der Waals surface area contributed by atoms with Gasteiger partial charge < -0.3 is 15.2 Å². The molecular weight excluding hydrogens is 564 g/mol. The van der Waals surface area contributed by atoms with Crippen LogP contribution in [0.1, 0.15) is 15.9 Å². The first-order valence-electron chi connectivity index (χ1n) is 10.6. The molecule has 0 aliphatic heterocycles. The predicted octanol–water partition coefficient (Wildman–Crippen LogP) is 3.46. The van der Waals surface area contributed by atoms with E-state index in [0.29, 0.717) is 32.8 Å². The van der Waals surface area contributed by atoms with Gasteiger partial charge in [0.25, 0.3) is 16.0 Å². The Morgan fingerprint density at radius 2 is 1.71 bits per heavy atom. The summed E-state index contributed by atoms with van der Waals surface area (Å²) in [4.78, 5) is 12.5. The van der Waals surface area contributed by atoms with Gasteiger partial charge in [0.1, 0.15) is 16.3 Å². The average molecular weight is 582 g/mol. The van der Waals surface area contributed by atoms with Crippen molar-refractivity contribution in [3.63, 3.8) is 0 Å². The van der Waals surface area contributed by atoms with Crippen molar-refractivity contribution in [2.45, 2.75) is 11.8 Å². The SMILES string of the molecule is COc1cc(NC(=O)c2cc3ccccc3c(N=Nc3c(S(=O)(=O)O)ccc(C)c3Cl)c2[O-])ccc1Cl.[Na+]. The van der Waals surface area contributed by atoms with Crippen LogP contribution in [0.25, 0.3) is 10.8 Å². The number of fused-ring (bicyclic) bond motifs is 1. The van der Waals surface area contributed by atoms with Crippen molar-refractivity contribution >= 4 is 67.1 Å². The Kier molecular flexibility index (Phi) is 9.43. The minimum Gasteiger partial charge on any atom is -0.870 e. The molecular formula is C25H18Cl2N3NaO6S. The van der Waals surface area contributed by atoms with Crippen LogP contribution in [-0.2, 0) is 10.1 Å². The molecule has 4 aromatic carbocycles. The molecule has 0 bridgehead atoms. The number of hydrogen-bond acceptors (Lipinski definition) is 7. The van der Waals surface area contributed by atoms with Crippen molar-refractivity contribution in [2.75, 3.05) is 12.4 Å². The number of aryl methyl sites for hydroxylation is 1. The number of amides is 1. The smallest absolute Gasteiger partial charge is 0.870 e. The Balaban J connectivity index is 0.00000400. The summed E-state index contributed by atoms with van der Waals surface area (Å²) in [5.41, 5.74) is 0.0338. The standard InChI is InChI=1S/C25H19Cl2N3O6S.Na/c1-13-7-10-20(37(33,34)35)23(21(13)27)30-29-22-16-6-4-3-5-14(16)11-17(24(22)31)25(32)28-15-8-9-18(26)19(12-15)36-2;/h3-12,31H,1-2H3,(H,28,32)(H,33,34,35);/q;+1/p-1. The van der Waals surface area contributed by atoms with Gasteiger partial charge in [-0.1, -0.05) is 59.3 Å². The molecule has 0 aliphatic rings. The number of halogens is 2. The van der Waals surface area contributed by atoms with Crippen LogP contribution in [0.5, 0.6) is 11.5 Å². The molecule has 0 aliphatic carbocycles. The van der Waals surface area contributed by atoms with E-state index in [9.17, 15) is 22.9 Å². The van der Waals surface area contributed by atoms with Gasteiger partial charge in [-0.25, -0.2) is 0 Å². The average Bonchev–Trinajstić information content (AvgIpc) is 2.85. The number of carbonyl (C=O) groups is 1. The molecule has 13 heteroatoms. The quantitative estimate of drug-likeness (QED) is 0.203. The molecule has 4 aromatic rings. The van der Waals surface area contributed by atoms with Crippen LogP contribution >= 0.6 is 23.2 Å². The van der Waals surface area contributed by atoms with Gasteiger partial charge in [-0.3, -0.25) is 9.35 Å². The van der Waals surface area contributed by atoms with Crippen LogP contribution in [0.3, 0.4) is 0 Å². The van der Waals surface area contributed by atoms with E-state index >= 15 is 0 Å². The number of hydrogen-bond donors (Lipinski definition) is 2. The molecule has 0 atom stereocenters. The number of ether oxygens (including phenoxy) is 1. The Labute approximate surface area is 250 Å². The molecule has 0 aromatic heterocycles. The van der Waals surface area contributed by atoms with E-state index in [0.717, 1.165) is 6.07 Å². The van der Waals surface area contributed by atoms with Crippen molar-refractivity contribution in [2.24, 2.45) is 10.2 Å². The van der Waals surface area contributed by atoms with E-state index in [1.165, 1.54) is 31.4 Å². The Morgan fingerprint density at radius 3 is 2.39 bits per heavy atom. The molecule has 0 fully saturated rings. The molecule has 190 valence electrons. The Morgan fingerprint density at radius 1 is 1.03 bits per heavy atom. The summed E-state index contributed by atoms with van der Waals surface area (Å²) >= 11 is 12.3. The number of nitrogens with zero attached hydrogens (tertiary/aromatic N) is 2. The zero-order valence-corrected chi connectivity index (χ0v) is 24.6. The van der Waals surface area contributed by atoms with Gasteiger partial charge in [0.2, 0.25) is 0 Å². The molecule has 0 unspecified atom stereocenters. The third-order valence-corrected chi connectivity index (χ3v) is 7.10. The summed E-state index contributed by atoms with van der Waals surface area (Å²) in [6.07, 6.45) is 0. The normalized spacial score (nSPS) is 11.4. The molecule has 1 amide bonds.